The first-order valence-corrected chi connectivity index (χ1v) is 9.85. The number of amides is 2. The highest BCUT2D eigenvalue weighted by molar-refractivity contribution is 6.31. The molecule has 158 valence electrons. The van der Waals surface area contributed by atoms with E-state index in [0.29, 0.717) is 40.3 Å². The molecule has 2 aromatic carbocycles. The molecule has 1 aromatic heterocycles. The summed E-state index contributed by atoms with van der Waals surface area (Å²) in [4.78, 5) is 33.7. The van der Waals surface area contributed by atoms with Crippen LogP contribution in [0.2, 0.25) is 5.02 Å². The average Bonchev–Trinajstić information content (AvgIpc) is 2.69. The van der Waals surface area contributed by atoms with Gasteiger partial charge in [0.25, 0.3) is 5.56 Å². The fourth-order valence-electron chi connectivity index (χ4n) is 3.08. The fraction of sp³-hybridized carbons (Fsp3) is 0.286. The molecule has 1 atom stereocenters. The zero-order valence-corrected chi connectivity index (χ0v) is 17.3. The number of nitrogens with one attached hydrogen (secondary N) is 2. The second-order valence-corrected chi connectivity index (χ2v) is 7.38. The molecule has 0 aliphatic heterocycles. The van der Waals surface area contributed by atoms with E-state index in [9.17, 15) is 18.4 Å². The van der Waals surface area contributed by atoms with Crippen molar-refractivity contribution in [3.8, 4) is 0 Å². The number of aromatic amines is 1. The topological polar surface area (TPSA) is 78.1 Å². The number of carbonyl (C=O) groups excluding carboxylic acids is 1. The summed E-state index contributed by atoms with van der Waals surface area (Å²) in [6, 6.07) is 7.31. The van der Waals surface area contributed by atoms with Gasteiger partial charge in [-0.25, -0.2) is 18.6 Å². The number of benzene rings is 2. The Morgan fingerprint density at radius 2 is 2.00 bits per heavy atom. The summed E-state index contributed by atoms with van der Waals surface area (Å²) >= 11 is 5.99. The third-order valence-corrected chi connectivity index (χ3v) is 4.86. The van der Waals surface area contributed by atoms with Crippen LogP contribution in [0.25, 0.3) is 10.9 Å². The second-order valence-electron chi connectivity index (χ2n) is 6.94. The van der Waals surface area contributed by atoms with Crippen LogP contribution in [0.15, 0.2) is 41.2 Å². The molecule has 6 nitrogen and oxygen atoms in total. The normalized spacial score (nSPS) is 12.0. The Labute approximate surface area is 176 Å². The molecule has 0 aliphatic carbocycles. The molecule has 0 spiro atoms. The lowest BCUT2D eigenvalue weighted by Crippen LogP contribution is -2.41. The van der Waals surface area contributed by atoms with E-state index < -0.39 is 23.7 Å². The molecule has 0 radical (unpaired) electrons. The van der Waals surface area contributed by atoms with Gasteiger partial charge in [0.05, 0.1) is 23.5 Å². The summed E-state index contributed by atoms with van der Waals surface area (Å²) in [6.07, 6.45) is 0.677. The van der Waals surface area contributed by atoms with Crippen LogP contribution in [0, 0.1) is 11.6 Å². The number of carbonyl (C=O) groups is 1. The molecule has 2 N–H and O–H groups in total. The molecule has 1 heterocycles. The second kappa shape index (κ2) is 9.21. The van der Waals surface area contributed by atoms with Crippen molar-refractivity contribution >= 4 is 28.5 Å². The van der Waals surface area contributed by atoms with Crippen LogP contribution in [0.4, 0.5) is 13.6 Å². The molecular weight excluding hydrogens is 414 g/mol. The van der Waals surface area contributed by atoms with Crippen molar-refractivity contribution in [1.82, 2.24) is 20.2 Å². The molecule has 2 amide bonds. The van der Waals surface area contributed by atoms with Crippen molar-refractivity contribution in [3.63, 3.8) is 0 Å². The maximum atomic E-state index is 13.5. The number of fused-ring (bicyclic) bond motifs is 1. The van der Waals surface area contributed by atoms with Crippen molar-refractivity contribution in [2.75, 3.05) is 6.54 Å². The summed E-state index contributed by atoms with van der Waals surface area (Å²) in [5, 5.41) is 3.62. The highest BCUT2D eigenvalue weighted by Crippen LogP contribution is 2.17. The average molecular weight is 435 g/mol. The zero-order valence-electron chi connectivity index (χ0n) is 16.5. The third-order valence-electron chi connectivity index (χ3n) is 4.62. The molecular formula is C21H21ClF2N4O2. The minimum absolute atomic E-state index is 0.0713. The SMILES string of the molecule is CCCN(Cc1nc2cc(Cl)ccc2c(=O)[nH]1)C(=O)NC(C)c1ccc(F)c(F)c1. The van der Waals surface area contributed by atoms with Crippen LogP contribution in [0.5, 0.6) is 0 Å². The van der Waals surface area contributed by atoms with E-state index in [0.717, 1.165) is 12.1 Å². The Morgan fingerprint density at radius 1 is 1.23 bits per heavy atom. The van der Waals surface area contributed by atoms with Gasteiger partial charge in [0.15, 0.2) is 11.6 Å². The van der Waals surface area contributed by atoms with Crippen LogP contribution in [-0.4, -0.2) is 27.4 Å². The quantitative estimate of drug-likeness (QED) is 0.598. The van der Waals surface area contributed by atoms with Crippen LogP contribution in [0.3, 0.4) is 0 Å². The van der Waals surface area contributed by atoms with Gasteiger partial charge in [-0.3, -0.25) is 4.79 Å². The van der Waals surface area contributed by atoms with Gasteiger partial charge in [-0.15, -0.1) is 0 Å². The molecule has 9 heteroatoms. The molecule has 0 saturated carbocycles. The summed E-state index contributed by atoms with van der Waals surface area (Å²) in [6.45, 7) is 4.07. The van der Waals surface area contributed by atoms with Crippen LogP contribution < -0.4 is 10.9 Å². The first-order chi connectivity index (χ1) is 14.3. The van der Waals surface area contributed by atoms with Gasteiger partial charge in [-0.2, -0.15) is 0 Å². The first kappa shape index (κ1) is 21.7. The van der Waals surface area contributed by atoms with Crippen molar-refractivity contribution in [3.05, 3.63) is 74.8 Å². The van der Waals surface area contributed by atoms with E-state index in [4.69, 9.17) is 11.6 Å². The highest BCUT2D eigenvalue weighted by atomic mass is 35.5. The number of aromatic nitrogens is 2. The molecule has 3 rings (SSSR count). The maximum Gasteiger partial charge on any atom is 0.318 e. The minimum Gasteiger partial charge on any atom is -0.331 e. The molecule has 1 unspecified atom stereocenters. The number of hydrogen-bond donors (Lipinski definition) is 2. The minimum atomic E-state index is -0.976. The Bertz CT molecular complexity index is 1140. The Kier molecular flexibility index (Phi) is 6.66. The van der Waals surface area contributed by atoms with E-state index in [1.54, 1.807) is 25.1 Å². The van der Waals surface area contributed by atoms with Gasteiger partial charge in [0.2, 0.25) is 0 Å². The van der Waals surface area contributed by atoms with Gasteiger partial charge < -0.3 is 15.2 Å². The van der Waals surface area contributed by atoms with Crippen molar-refractivity contribution in [1.29, 1.82) is 0 Å². The number of hydrogen-bond acceptors (Lipinski definition) is 3. The Hall–Kier alpha value is -3.00. The molecule has 0 saturated heterocycles. The Morgan fingerprint density at radius 3 is 2.70 bits per heavy atom. The number of rotatable bonds is 6. The van der Waals surface area contributed by atoms with Crippen molar-refractivity contribution in [2.45, 2.75) is 32.9 Å². The smallest absolute Gasteiger partial charge is 0.318 e. The van der Waals surface area contributed by atoms with E-state index in [-0.39, 0.29) is 12.1 Å². The Balaban J connectivity index is 1.79. The summed E-state index contributed by atoms with van der Waals surface area (Å²) in [5.41, 5.74) is 0.553. The number of nitrogens with zero attached hydrogens (tertiary/aromatic N) is 2. The largest absolute Gasteiger partial charge is 0.331 e. The van der Waals surface area contributed by atoms with Crippen LogP contribution in [-0.2, 0) is 6.54 Å². The van der Waals surface area contributed by atoms with E-state index in [2.05, 4.69) is 15.3 Å². The van der Waals surface area contributed by atoms with Gasteiger partial charge in [0, 0.05) is 11.6 Å². The number of urea groups is 1. The summed E-state index contributed by atoms with van der Waals surface area (Å²) in [7, 11) is 0. The van der Waals surface area contributed by atoms with Crippen LogP contribution >= 0.6 is 11.6 Å². The molecule has 0 fully saturated rings. The first-order valence-electron chi connectivity index (χ1n) is 9.47. The predicted molar refractivity (Wildman–Crippen MR) is 111 cm³/mol. The van der Waals surface area contributed by atoms with E-state index in [1.807, 2.05) is 6.92 Å². The zero-order chi connectivity index (χ0) is 21.8. The maximum absolute atomic E-state index is 13.5. The highest BCUT2D eigenvalue weighted by Gasteiger charge is 2.19. The third kappa shape index (κ3) is 4.94. The standard InChI is InChI=1S/C21H21ClF2N4O2/c1-3-8-28(21(30)25-12(2)13-4-7-16(23)17(24)9-13)11-19-26-18-10-14(22)5-6-15(18)20(29)27-19/h4-7,9-10,12H,3,8,11H2,1-2H3,(H,25,30)(H,26,27,29). The monoisotopic (exact) mass is 434 g/mol. The van der Waals surface area contributed by atoms with Crippen molar-refractivity contribution in [2.24, 2.45) is 0 Å². The van der Waals surface area contributed by atoms with Crippen molar-refractivity contribution < 1.29 is 13.6 Å². The molecule has 0 aliphatic rings. The van der Waals surface area contributed by atoms with E-state index >= 15 is 0 Å². The van der Waals surface area contributed by atoms with Gasteiger partial charge in [0.1, 0.15) is 5.82 Å². The number of H-pyrrole nitrogens is 1. The lowest BCUT2D eigenvalue weighted by molar-refractivity contribution is 0.190. The molecule has 3 aromatic rings. The van der Waals surface area contributed by atoms with Gasteiger partial charge in [-0.1, -0.05) is 24.6 Å². The number of halogens is 3. The molecule has 30 heavy (non-hydrogen) atoms. The van der Waals surface area contributed by atoms with Crippen LogP contribution in [0.1, 0.15) is 37.7 Å². The lowest BCUT2D eigenvalue weighted by atomic mass is 10.1. The summed E-state index contributed by atoms with van der Waals surface area (Å²) in [5.74, 6) is -1.61. The lowest BCUT2D eigenvalue weighted by Gasteiger charge is -2.25. The van der Waals surface area contributed by atoms with E-state index in [1.165, 1.54) is 11.0 Å². The molecule has 0 bridgehead atoms. The predicted octanol–water partition coefficient (Wildman–Crippen LogP) is 4.54. The van der Waals surface area contributed by atoms with Gasteiger partial charge in [-0.05, 0) is 49.2 Å². The summed E-state index contributed by atoms with van der Waals surface area (Å²) < 4.78 is 26.6. The fourth-order valence-corrected chi connectivity index (χ4v) is 3.25. The van der Waals surface area contributed by atoms with Gasteiger partial charge >= 0.3 is 6.03 Å².